The van der Waals surface area contributed by atoms with Gasteiger partial charge in [0.15, 0.2) is 0 Å². The van der Waals surface area contributed by atoms with Crippen LogP contribution in [-0.2, 0) is 0 Å². The van der Waals surface area contributed by atoms with Crippen LogP contribution in [0, 0.1) is 5.92 Å². The van der Waals surface area contributed by atoms with Crippen LogP contribution in [0.15, 0.2) is 12.4 Å². The molecule has 0 heterocycles. The Labute approximate surface area is 64.1 Å². The van der Waals surface area contributed by atoms with E-state index in [0.717, 1.165) is 6.42 Å². The predicted molar refractivity (Wildman–Crippen MR) is 45.7 cm³/mol. The van der Waals surface area contributed by atoms with Crippen LogP contribution in [0.5, 0.6) is 0 Å². The van der Waals surface area contributed by atoms with Crippen molar-refractivity contribution in [2.75, 3.05) is 0 Å². The zero-order chi connectivity index (χ0) is 8.57. The molecule has 0 aliphatic carbocycles. The highest BCUT2D eigenvalue weighted by Crippen LogP contribution is 2.09. The lowest BCUT2D eigenvalue weighted by Crippen LogP contribution is -1.85. The quantitative estimate of drug-likeness (QED) is 0.566. The van der Waals surface area contributed by atoms with Gasteiger partial charge in [-0.15, -0.1) is 0 Å². The molecule has 0 bridgehead atoms. The molecule has 0 radical (unpaired) electrons. The Hall–Kier alpha value is -0.330. The summed E-state index contributed by atoms with van der Waals surface area (Å²) < 4.78 is 11.9. The maximum atomic E-state index is 11.9. The van der Waals surface area contributed by atoms with Crippen LogP contribution in [0.25, 0.3) is 0 Å². The second kappa shape index (κ2) is 8.67. The highest BCUT2D eigenvalue weighted by atomic mass is 19.1. The third-order valence-electron chi connectivity index (χ3n) is 0.993. The average Bonchev–Trinajstić information content (AvgIpc) is 1.89. The zero-order valence-electron chi connectivity index (χ0n) is 7.58. The van der Waals surface area contributed by atoms with Gasteiger partial charge in [0.05, 0.1) is 5.83 Å². The van der Waals surface area contributed by atoms with Crippen LogP contribution in [-0.4, -0.2) is 0 Å². The molecule has 1 heteroatoms. The van der Waals surface area contributed by atoms with Crippen LogP contribution < -0.4 is 0 Å². The van der Waals surface area contributed by atoms with E-state index >= 15 is 0 Å². The van der Waals surface area contributed by atoms with Crippen LogP contribution in [0.4, 0.5) is 4.39 Å². The summed E-state index contributed by atoms with van der Waals surface area (Å²) in [5, 5.41) is 0. The van der Waals surface area contributed by atoms with Crippen molar-refractivity contribution in [1.82, 2.24) is 0 Å². The SMILES string of the molecule is C=C(F)CCC(C)C.CC. The largest absolute Gasteiger partial charge is 0.212 e. The van der Waals surface area contributed by atoms with Gasteiger partial charge in [-0.25, -0.2) is 4.39 Å². The molecule has 0 saturated carbocycles. The fourth-order valence-electron chi connectivity index (χ4n) is 0.445. The molecular formula is C9H19F. The number of halogens is 1. The Morgan fingerprint density at radius 1 is 1.40 bits per heavy atom. The van der Waals surface area contributed by atoms with Gasteiger partial charge in [-0.3, -0.25) is 0 Å². The predicted octanol–water partition coefficient (Wildman–Crippen LogP) is 3.93. The van der Waals surface area contributed by atoms with Crippen molar-refractivity contribution in [2.45, 2.75) is 40.5 Å². The molecule has 0 atom stereocenters. The summed E-state index contributed by atoms with van der Waals surface area (Å²) in [5.41, 5.74) is 0. The molecule has 0 saturated heterocycles. The van der Waals surface area contributed by atoms with Gasteiger partial charge in [0.2, 0.25) is 0 Å². The van der Waals surface area contributed by atoms with E-state index in [9.17, 15) is 4.39 Å². The van der Waals surface area contributed by atoms with E-state index in [1.54, 1.807) is 0 Å². The van der Waals surface area contributed by atoms with E-state index in [1.165, 1.54) is 0 Å². The summed E-state index contributed by atoms with van der Waals surface area (Å²) in [7, 11) is 0. The number of hydrogen-bond acceptors (Lipinski definition) is 0. The lowest BCUT2D eigenvalue weighted by molar-refractivity contribution is 0.515. The lowest BCUT2D eigenvalue weighted by atomic mass is 10.1. The van der Waals surface area contributed by atoms with Crippen LogP contribution >= 0.6 is 0 Å². The first kappa shape index (κ1) is 12.4. The van der Waals surface area contributed by atoms with Crippen molar-refractivity contribution in [2.24, 2.45) is 5.92 Å². The van der Waals surface area contributed by atoms with Crippen molar-refractivity contribution in [3.8, 4) is 0 Å². The molecule has 0 aliphatic rings. The molecule has 0 aromatic rings. The van der Waals surface area contributed by atoms with E-state index in [4.69, 9.17) is 0 Å². The van der Waals surface area contributed by atoms with Gasteiger partial charge < -0.3 is 0 Å². The van der Waals surface area contributed by atoms with Gasteiger partial charge in [0.1, 0.15) is 0 Å². The van der Waals surface area contributed by atoms with Crippen molar-refractivity contribution in [3.63, 3.8) is 0 Å². The first-order valence-electron chi connectivity index (χ1n) is 3.96. The minimum atomic E-state index is -0.196. The molecule has 0 aromatic carbocycles. The average molecular weight is 146 g/mol. The highest BCUT2D eigenvalue weighted by Gasteiger charge is 1.94. The topological polar surface area (TPSA) is 0 Å². The third kappa shape index (κ3) is 15.6. The highest BCUT2D eigenvalue weighted by molar-refractivity contribution is 4.79. The van der Waals surface area contributed by atoms with E-state index < -0.39 is 0 Å². The van der Waals surface area contributed by atoms with Crippen molar-refractivity contribution in [1.29, 1.82) is 0 Å². The molecule has 0 aromatic heterocycles. The first-order valence-corrected chi connectivity index (χ1v) is 3.96. The maximum absolute atomic E-state index is 11.9. The Kier molecular flexibility index (Phi) is 10.7. The summed E-state index contributed by atoms with van der Waals surface area (Å²) in [6, 6.07) is 0. The van der Waals surface area contributed by atoms with E-state index in [-0.39, 0.29) is 5.83 Å². The second-order valence-corrected chi connectivity index (χ2v) is 2.45. The normalized spacial score (nSPS) is 8.60. The summed E-state index contributed by atoms with van der Waals surface area (Å²) in [6.07, 6.45) is 1.44. The number of allylic oxidation sites excluding steroid dienone is 1. The molecule has 0 aliphatic heterocycles. The Bertz CT molecular complexity index is 74.8. The molecule has 0 rings (SSSR count). The van der Waals surface area contributed by atoms with Gasteiger partial charge in [0, 0.05) is 0 Å². The summed E-state index contributed by atoms with van der Waals surface area (Å²) in [4.78, 5) is 0. The fourth-order valence-corrected chi connectivity index (χ4v) is 0.445. The summed E-state index contributed by atoms with van der Waals surface area (Å²) >= 11 is 0. The van der Waals surface area contributed by atoms with E-state index in [2.05, 4.69) is 20.4 Å². The molecule has 0 fully saturated rings. The van der Waals surface area contributed by atoms with Gasteiger partial charge in [-0.05, 0) is 18.8 Å². The van der Waals surface area contributed by atoms with E-state index in [1.807, 2.05) is 13.8 Å². The number of hydrogen-bond donors (Lipinski definition) is 0. The first-order chi connectivity index (χ1) is 4.63. The van der Waals surface area contributed by atoms with Gasteiger partial charge in [0.25, 0.3) is 0 Å². The van der Waals surface area contributed by atoms with Crippen molar-refractivity contribution < 1.29 is 4.39 Å². The van der Waals surface area contributed by atoms with Crippen molar-refractivity contribution in [3.05, 3.63) is 12.4 Å². The summed E-state index contributed by atoms with van der Waals surface area (Å²) in [5.74, 6) is 0.390. The zero-order valence-corrected chi connectivity index (χ0v) is 7.58. The standard InChI is InChI=1S/C7H13F.C2H6/c1-6(2)4-5-7(3)8;1-2/h6H,3-5H2,1-2H3;1-2H3. The van der Waals surface area contributed by atoms with Gasteiger partial charge in [-0.1, -0.05) is 34.3 Å². The minimum Gasteiger partial charge on any atom is -0.212 e. The number of rotatable bonds is 3. The molecule has 0 amide bonds. The lowest BCUT2D eigenvalue weighted by Gasteiger charge is -1.99. The Balaban J connectivity index is 0. The Morgan fingerprint density at radius 3 is 1.90 bits per heavy atom. The Morgan fingerprint density at radius 2 is 1.80 bits per heavy atom. The second-order valence-electron chi connectivity index (χ2n) is 2.45. The van der Waals surface area contributed by atoms with Gasteiger partial charge in [-0.2, -0.15) is 0 Å². The van der Waals surface area contributed by atoms with E-state index in [0.29, 0.717) is 12.3 Å². The molecular weight excluding hydrogens is 127 g/mol. The molecule has 0 nitrogen and oxygen atoms in total. The molecule has 0 N–H and O–H groups in total. The molecule has 62 valence electrons. The molecule has 0 unspecified atom stereocenters. The molecule has 0 spiro atoms. The summed E-state index contributed by atoms with van der Waals surface area (Å²) in [6.45, 7) is 11.3. The van der Waals surface area contributed by atoms with Crippen LogP contribution in [0.3, 0.4) is 0 Å². The van der Waals surface area contributed by atoms with Gasteiger partial charge >= 0.3 is 0 Å². The third-order valence-corrected chi connectivity index (χ3v) is 0.993. The minimum absolute atomic E-state index is 0.196. The fraction of sp³-hybridized carbons (Fsp3) is 0.778. The smallest absolute Gasteiger partial charge is 0.0928 e. The van der Waals surface area contributed by atoms with Crippen LogP contribution in [0.1, 0.15) is 40.5 Å². The molecule has 10 heavy (non-hydrogen) atoms. The van der Waals surface area contributed by atoms with Crippen molar-refractivity contribution >= 4 is 0 Å². The maximum Gasteiger partial charge on any atom is 0.0928 e. The van der Waals surface area contributed by atoms with Crippen LogP contribution in [0.2, 0.25) is 0 Å². The monoisotopic (exact) mass is 146 g/mol.